The minimum Gasteiger partial charge on any atom is -0.369 e. The third kappa shape index (κ3) is 4.12. The summed E-state index contributed by atoms with van der Waals surface area (Å²) >= 11 is 5.47. The van der Waals surface area contributed by atoms with Crippen LogP contribution in [0.1, 0.15) is 46.1 Å². The number of rotatable bonds is 5. The minimum atomic E-state index is 0.0115. The second kappa shape index (κ2) is 6.75. The maximum absolute atomic E-state index is 4.71. The maximum atomic E-state index is 4.71. The zero-order chi connectivity index (χ0) is 13.8. The summed E-state index contributed by atoms with van der Waals surface area (Å²) in [5.41, 5.74) is 1.08. The molecule has 0 aliphatic carbocycles. The minimum absolute atomic E-state index is 0.0115. The van der Waals surface area contributed by atoms with Crippen molar-refractivity contribution in [1.29, 1.82) is 0 Å². The summed E-state index contributed by atoms with van der Waals surface area (Å²) in [6.07, 6.45) is 0. The van der Waals surface area contributed by atoms with Crippen molar-refractivity contribution in [2.75, 3.05) is 17.6 Å². The number of nitrogens with one attached hydrogen (secondary N) is 1. The van der Waals surface area contributed by atoms with Crippen LogP contribution in [0.2, 0.25) is 0 Å². The Bertz CT molecular complexity index is 402. The van der Waals surface area contributed by atoms with Gasteiger partial charge in [-0.05, 0) is 28.6 Å². The molecular weight excluding hydrogens is 310 g/mol. The Morgan fingerprint density at radius 1 is 1.22 bits per heavy atom. The van der Waals surface area contributed by atoms with Gasteiger partial charge in [-0.1, -0.05) is 27.7 Å². The molecule has 0 aliphatic heterocycles. The smallest absolute Gasteiger partial charge is 0.144 e. The van der Waals surface area contributed by atoms with Crippen LogP contribution in [0.15, 0.2) is 4.47 Å². The van der Waals surface area contributed by atoms with E-state index in [-0.39, 0.29) is 5.41 Å². The molecule has 0 saturated carbocycles. The molecule has 1 heterocycles. The Balaban J connectivity index is 3.19. The average molecular weight is 332 g/mol. The van der Waals surface area contributed by atoms with Crippen molar-refractivity contribution in [3.05, 3.63) is 16.0 Å². The van der Waals surface area contributed by atoms with Crippen molar-refractivity contribution in [1.82, 2.24) is 9.97 Å². The molecule has 1 N–H and O–H groups in total. The number of thioether (sulfide) groups is 1. The van der Waals surface area contributed by atoms with Crippen molar-refractivity contribution < 1.29 is 0 Å². The fraction of sp³-hybridized carbons (Fsp3) is 0.692. The molecular formula is C13H22BrN3S. The van der Waals surface area contributed by atoms with Gasteiger partial charge in [0.25, 0.3) is 0 Å². The Hall–Kier alpha value is -0.290. The molecule has 0 aliphatic rings. The van der Waals surface area contributed by atoms with Crippen LogP contribution < -0.4 is 5.32 Å². The highest BCUT2D eigenvalue weighted by Crippen LogP contribution is 2.32. The second-order valence-electron chi connectivity index (χ2n) is 5.07. The van der Waals surface area contributed by atoms with Gasteiger partial charge in [0.05, 0.1) is 15.9 Å². The first-order valence-electron chi connectivity index (χ1n) is 6.28. The van der Waals surface area contributed by atoms with Gasteiger partial charge in [0.2, 0.25) is 0 Å². The van der Waals surface area contributed by atoms with E-state index in [1.807, 2.05) is 11.8 Å². The van der Waals surface area contributed by atoms with Gasteiger partial charge < -0.3 is 5.32 Å². The van der Waals surface area contributed by atoms with E-state index >= 15 is 0 Å². The largest absolute Gasteiger partial charge is 0.369 e. The number of nitrogens with zero attached hydrogens (tertiary/aromatic N) is 2. The van der Waals surface area contributed by atoms with Crippen LogP contribution in [-0.4, -0.2) is 22.3 Å². The van der Waals surface area contributed by atoms with E-state index in [4.69, 9.17) is 4.98 Å². The summed E-state index contributed by atoms with van der Waals surface area (Å²) in [4.78, 5) is 9.29. The van der Waals surface area contributed by atoms with Crippen LogP contribution >= 0.6 is 27.7 Å². The fourth-order valence-electron chi connectivity index (χ4n) is 1.53. The molecule has 0 bridgehead atoms. The lowest BCUT2D eigenvalue weighted by atomic mass is 9.92. The number of hydrogen-bond donors (Lipinski definition) is 1. The van der Waals surface area contributed by atoms with Crippen molar-refractivity contribution in [2.45, 2.75) is 45.8 Å². The van der Waals surface area contributed by atoms with Crippen molar-refractivity contribution in [3.8, 4) is 0 Å². The molecule has 0 amide bonds. The Labute approximate surface area is 123 Å². The van der Waals surface area contributed by atoms with E-state index in [2.05, 4.69) is 60.8 Å². The zero-order valence-electron chi connectivity index (χ0n) is 11.8. The van der Waals surface area contributed by atoms with Crippen molar-refractivity contribution in [3.63, 3.8) is 0 Å². The van der Waals surface area contributed by atoms with Crippen LogP contribution in [0.5, 0.6) is 0 Å². The first kappa shape index (κ1) is 15.8. The average Bonchev–Trinajstić information content (AvgIpc) is 2.28. The standard InChI is InChI=1S/C13H22BrN3S/c1-6-15-12-10(14)11(13(3,4)5)16-9(17-12)8-18-7-2/h6-8H2,1-5H3,(H,15,16,17). The molecule has 1 rings (SSSR count). The van der Waals surface area contributed by atoms with Crippen molar-refractivity contribution in [2.24, 2.45) is 0 Å². The van der Waals surface area contributed by atoms with Crippen LogP contribution in [0.25, 0.3) is 0 Å². The molecule has 3 nitrogen and oxygen atoms in total. The Morgan fingerprint density at radius 2 is 1.89 bits per heavy atom. The van der Waals surface area contributed by atoms with Gasteiger partial charge in [0.1, 0.15) is 11.6 Å². The Morgan fingerprint density at radius 3 is 2.39 bits per heavy atom. The lowest BCUT2D eigenvalue weighted by molar-refractivity contribution is 0.560. The summed E-state index contributed by atoms with van der Waals surface area (Å²) in [5.74, 6) is 3.77. The van der Waals surface area contributed by atoms with E-state index in [9.17, 15) is 0 Å². The van der Waals surface area contributed by atoms with Crippen molar-refractivity contribution >= 4 is 33.5 Å². The van der Waals surface area contributed by atoms with E-state index in [0.717, 1.165) is 39.9 Å². The predicted octanol–water partition coefficient (Wildman–Crippen LogP) is 4.22. The molecule has 0 unspecified atom stereocenters. The summed E-state index contributed by atoms with van der Waals surface area (Å²) in [6, 6.07) is 0. The number of anilines is 1. The molecule has 1 aromatic rings. The van der Waals surface area contributed by atoms with Crippen LogP contribution in [0, 0.1) is 0 Å². The molecule has 0 atom stereocenters. The molecule has 0 saturated heterocycles. The lowest BCUT2D eigenvalue weighted by Crippen LogP contribution is -2.18. The van der Waals surface area contributed by atoms with Gasteiger partial charge in [0.15, 0.2) is 0 Å². The first-order chi connectivity index (χ1) is 8.40. The van der Waals surface area contributed by atoms with Gasteiger partial charge in [0, 0.05) is 12.0 Å². The second-order valence-corrected chi connectivity index (χ2v) is 7.14. The topological polar surface area (TPSA) is 37.8 Å². The highest BCUT2D eigenvalue weighted by molar-refractivity contribution is 9.10. The molecule has 0 fully saturated rings. The molecule has 0 spiro atoms. The lowest BCUT2D eigenvalue weighted by Gasteiger charge is -2.22. The number of hydrogen-bond acceptors (Lipinski definition) is 4. The molecule has 102 valence electrons. The van der Waals surface area contributed by atoms with Crippen LogP contribution in [-0.2, 0) is 11.2 Å². The Kier molecular flexibility index (Phi) is 5.92. The summed E-state index contributed by atoms with van der Waals surface area (Å²) in [6.45, 7) is 11.6. The number of aromatic nitrogens is 2. The number of halogens is 1. The van der Waals surface area contributed by atoms with E-state index in [0.29, 0.717) is 0 Å². The SMILES string of the molecule is CCNc1nc(CSCC)nc(C(C)(C)C)c1Br. The van der Waals surface area contributed by atoms with E-state index in [1.165, 1.54) is 0 Å². The van der Waals surface area contributed by atoms with E-state index in [1.54, 1.807) is 0 Å². The highest BCUT2D eigenvalue weighted by Gasteiger charge is 2.22. The molecule has 1 aromatic heterocycles. The highest BCUT2D eigenvalue weighted by atomic mass is 79.9. The zero-order valence-corrected chi connectivity index (χ0v) is 14.2. The first-order valence-corrected chi connectivity index (χ1v) is 8.23. The van der Waals surface area contributed by atoms with Gasteiger partial charge >= 0.3 is 0 Å². The molecule has 0 radical (unpaired) electrons. The summed E-state index contributed by atoms with van der Waals surface area (Å²) < 4.78 is 0.988. The summed E-state index contributed by atoms with van der Waals surface area (Å²) in [5, 5.41) is 3.30. The van der Waals surface area contributed by atoms with Crippen LogP contribution in [0.4, 0.5) is 5.82 Å². The predicted molar refractivity (Wildman–Crippen MR) is 84.4 cm³/mol. The van der Waals surface area contributed by atoms with Gasteiger partial charge in [-0.25, -0.2) is 9.97 Å². The van der Waals surface area contributed by atoms with E-state index < -0.39 is 0 Å². The molecule has 5 heteroatoms. The molecule has 0 aromatic carbocycles. The summed E-state index contributed by atoms with van der Waals surface area (Å²) in [7, 11) is 0. The molecule has 18 heavy (non-hydrogen) atoms. The van der Waals surface area contributed by atoms with Crippen LogP contribution in [0.3, 0.4) is 0 Å². The van der Waals surface area contributed by atoms with Gasteiger partial charge in [-0.3, -0.25) is 0 Å². The van der Waals surface area contributed by atoms with Gasteiger partial charge in [-0.2, -0.15) is 11.8 Å². The monoisotopic (exact) mass is 331 g/mol. The normalized spacial score (nSPS) is 11.7. The van der Waals surface area contributed by atoms with Gasteiger partial charge in [-0.15, -0.1) is 0 Å². The quantitative estimate of drug-likeness (QED) is 0.876. The fourth-order valence-corrected chi connectivity index (χ4v) is 2.96. The maximum Gasteiger partial charge on any atom is 0.144 e. The third-order valence-corrected chi connectivity index (χ3v) is 4.01. The third-order valence-electron chi connectivity index (χ3n) is 2.39.